The molecule has 5 rings (SSSR count). The fourth-order valence-corrected chi connectivity index (χ4v) is 7.07. The largest absolute Gasteiger partial charge is 0.384 e. The Morgan fingerprint density at radius 3 is 2.39 bits per heavy atom. The molecule has 2 unspecified atom stereocenters. The molecule has 0 spiro atoms. The van der Waals surface area contributed by atoms with Gasteiger partial charge in [-0.1, -0.05) is 13.8 Å². The van der Waals surface area contributed by atoms with Crippen molar-refractivity contribution in [2.24, 2.45) is 10.8 Å². The molecule has 202 valence electrons. The van der Waals surface area contributed by atoms with Gasteiger partial charge in [-0.15, -0.1) is 0 Å². The molecule has 3 N–H and O–H groups in total. The number of fused-ring (bicyclic) bond motifs is 2. The highest BCUT2D eigenvalue weighted by molar-refractivity contribution is 5.75. The number of rotatable bonds is 7. The Hall–Kier alpha value is -3.23. The molecule has 2 aliphatic heterocycles. The lowest BCUT2D eigenvalue weighted by Crippen LogP contribution is -2.61. The molecule has 38 heavy (non-hydrogen) atoms. The van der Waals surface area contributed by atoms with E-state index in [0.717, 1.165) is 60.8 Å². The molecule has 8 nitrogen and oxygen atoms in total. The van der Waals surface area contributed by atoms with Crippen LogP contribution in [0.2, 0.25) is 0 Å². The minimum absolute atomic E-state index is 0.314. The standard InChI is InChI=1S/C30H41N7O/c1-20-13-22(7-8-25(20)37-18-29(3)15-30(4,19-37)17-36(5)16-29)34-28-32-11-9-24(35-28)26-21(2)14-23(10-12-38-6)33-27(26)31/h7-9,11,13-14H,10,12,15-19H2,1-6H3,(H2,31,33)(H,32,34,35). The van der Waals surface area contributed by atoms with Crippen LogP contribution in [0.1, 0.15) is 37.1 Å². The van der Waals surface area contributed by atoms with Crippen molar-refractivity contribution in [3.8, 4) is 11.3 Å². The number of aryl methyl sites for hydroxylation is 2. The molecule has 4 heterocycles. The number of benzene rings is 1. The predicted molar refractivity (Wildman–Crippen MR) is 155 cm³/mol. The molecule has 2 bridgehead atoms. The first-order valence-corrected chi connectivity index (χ1v) is 13.5. The molecule has 2 aromatic heterocycles. The van der Waals surface area contributed by atoms with E-state index in [4.69, 9.17) is 15.5 Å². The Labute approximate surface area is 226 Å². The van der Waals surface area contributed by atoms with Gasteiger partial charge >= 0.3 is 0 Å². The van der Waals surface area contributed by atoms with Gasteiger partial charge in [0.2, 0.25) is 5.95 Å². The normalized spacial score (nSPS) is 23.5. The summed E-state index contributed by atoms with van der Waals surface area (Å²) < 4.78 is 5.18. The SMILES string of the molecule is COCCc1cc(C)c(-c2ccnc(Nc3ccc(N4CC5(C)CN(C)CC(C)(C4)C5)c(C)c3)n2)c(N)n1. The van der Waals surface area contributed by atoms with Crippen molar-refractivity contribution >= 4 is 23.1 Å². The Morgan fingerprint density at radius 2 is 1.74 bits per heavy atom. The molecule has 2 atom stereocenters. The van der Waals surface area contributed by atoms with E-state index in [1.165, 1.54) is 17.7 Å². The molecule has 1 aromatic carbocycles. The van der Waals surface area contributed by atoms with E-state index in [9.17, 15) is 0 Å². The van der Waals surface area contributed by atoms with Crippen LogP contribution in [0.4, 0.5) is 23.1 Å². The van der Waals surface area contributed by atoms with E-state index in [1.54, 1.807) is 13.3 Å². The lowest BCUT2D eigenvalue weighted by atomic mass is 9.65. The minimum atomic E-state index is 0.314. The summed E-state index contributed by atoms with van der Waals surface area (Å²) in [5, 5.41) is 3.40. The zero-order valence-corrected chi connectivity index (χ0v) is 23.6. The first-order valence-electron chi connectivity index (χ1n) is 13.5. The molecule has 2 fully saturated rings. The van der Waals surface area contributed by atoms with E-state index < -0.39 is 0 Å². The first kappa shape index (κ1) is 26.4. The third-order valence-electron chi connectivity index (χ3n) is 7.87. The molecule has 2 saturated heterocycles. The number of methoxy groups -OCH3 is 1. The van der Waals surface area contributed by atoms with E-state index >= 15 is 0 Å². The van der Waals surface area contributed by atoms with Crippen molar-refractivity contribution in [2.45, 2.75) is 40.5 Å². The van der Waals surface area contributed by atoms with Gasteiger partial charge in [0, 0.05) is 68.5 Å². The lowest BCUT2D eigenvalue weighted by molar-refractivity contribution is 0.00531. The zero-order chi connectivity index (χ0) is 27.1. The van der Waals surface area contributed by atoms with Crippen LogP contribution in [-0.2, 0) is 11.2 Å². The third kappa shape index (κ3) is 5.47. The Balaban J connectivity index is 1.35. The van der Waals surface area contributed by atoms with Crippen molar-refractivity contribution in [1.29, 1.82) is 0 Å². The van der Waals surface area contributed by atoms with Gasteiger partial charge in [-0.3, -0.25) is 0 Å². The van der Waals surface area contributed by atoms with Crippen LogP contribution in [0, 0.1) is 24.7 Å². The quantitative estimate of drug-likeness (QED) is 0.462. The Kier molecular flexibility index (Phi) is 7.05. The smallest absolute Gasteiger partial charge is 0.227 e. The van der Waals surface area contributed by atoms with Crippen molar-refractivity contribution in [3.63, 3.8) is 0 Å². The van der Waals surface area contributed by atoms with Crippen molar-refractivity contribution in [3.05, 3.63) is 53.3 Å². The molecule has 0 saturated carbocycles. The number of aromatic nitrogens is 3. The fraction of sp³-hybridized carbons (Fsp3) is 0.500. The van der Waals surface area contributed by atoms with Crippen LogP contribution in [0.25, 0.3) is 11.3 Å². The number of ether oxygens (including phenoxy) is 1. The maximum Gasteiger partial charge on any atom is 0.227 e. The van der Waals surface area contributed by atoms with Crippen molar-refractivity contribution in [1.82, 2.24) is 19.9 Å². The number of hydrogen-bond donors (Lipinski definition) is 2. The monoisotopic (exact) mass is 515 g/mol. The second kappa shape index (κ2) is 10.2. The highest BCUT2D eigenvalue weighted by Gasteiger charge is 2.47. The topological polar surface area (TPSA) is 92.4 Å². The average Bonchev–Trinajstić information content (AvgIpc) is 2.80. The van der Waals surface area contributed by atoms with Crippen LogP contribution >= 0.6 is 0 Å². The van der Waals surface area contributed by atoms with Gasteiger partial charge in [-0.2, -0.15) is 0 Å². The van der Waals surface area contributed by atoms with Gasteiger partial charge < -0.3 is 25.6 Å². The average molecular weight is 516 g/mol. The number of hydrogen-bond acceptors (Lipinski definition) is 8. The molecule has 0 aliphatic carbocycles. The number of nitrogen functional groups attached to an aromatic ring is 1. The van der Waals surface area contributed by atoms with Crippen LogP contribution in [0.3, 0.4) is 0 Å². The van der Waals surface area contributed by atoms with E-state index in [-0.39, 0.29) is 0 Å². The highest BCUT2D eigenvalue weighted by Crippen LogP contribution is 2.46. The number of nitrogens with zero attached hydrogens (tertiary/aromatic N) is 5. The molecule has 0 radical (unpaired) electrons. The van der Waals surface area contributed by atoms with Crippen LogP contribution in [0.5, 0.6) is 0 Å². The number of nitrogens with two attached hydrogens (primary N) is 1. The summed E-state index contributed by atoms with van der Waals surface area (Å²) in [6.07, 6.45) is 3.78. The number of likely N-dealkylation sites (tertiary alicyclic amines) is 1. The molecule has 8 heteroatoms. The summed E-state index contributed by atoms with van der Waals surface area (Å²) >= 11 is 0. The number of piperidine rings is 2. The number of pyridine rings is 1. The summed E-state index contributed by atoms with van der Waals surface area (Å²) in [4.78, 5) is 18.9. The van der Waals surface area contributed by atoms with Gasteiger partial charge in [-0.05, 0) is 79.6 Å². The first-order chi connectivity index (χ1) is 18.1. The van der Waals surface area contributed by atoms with E-state index in [0.29, 0.717) is 29.2 Å². The highest BCUT2D eigenvalue weighted by atomic mass is 16.5. The second-order valence-electron chi connectivity index (χ2n) is 12.2. The van der Waals surface area contributed by atoms with Crippen molar-refractivity contribution in [2.75, 3.05) is 62.9 Å². The van der Waals surface area contributed by atoms with Crippen LogP contribution in [-0.4, -0.2) is 66.8 Å². The van der Waals surface area contributed by atoms with Crippen LogP contribution in [0.15, 0.2) is 36.5 Å². The molecular formula is C30H41N7O. The van der Waals surface area contributed by atoms with E-state index in [1.807, 2.05) is 13.0 Å². The number of anilines is 4. The summed E-state index contributed by atoms with van der Waals surface area (Å²) in [5.41, 5.74) is 14.1. The van der Waals surface area contributed by atoms with Gasteiger partial charge in [0.05, 0.1) is 12.3 Å². The number of nitrogens with one attached hydrogen (secondary N) is 1. The summed E-state index contributed by atoms with van der Waals surface area (Å²) in [5.74, 6) is 1.01. The van der Waals surface area contributed by atoms with Gasteiger partial charge in [0.15, 0.2) is 0 Å². The van der Waals surface area contributed by atoms with Gasteiger partial charge in [0.25, 0.3) is 0 Å². The second-order valence-corrected chi connectivity index (χ2v) is 12.2. The predicted octanol–water partition coefficient (Wildman–Crippen LogP) is 4.84. The molecule has 2 aliphatic rings. The van der Waals surface area contributed by atoms with Crippen LogP contribution < -0.4 is 16.0 Å². The molecular weight excluding hydrogens is 474 g/mol. The maximum atomic E-state index is 6.36. The maximum absolute atomic E-state index is 6.36. The Bertz CT molecular complexity index is 1280. The van der Waals surface area contributed by atoms with E-state index in [2.05, 4.69) is 77.2 Å². The fourth-order valence-electron chi connectivity index (χ4n) is 7.07. The lowest BCUT2D eigenvalue weighted by Gasteiger charge is -2.57. The Morgan fingerprint density at radius 1 is 1.00 bits per heavy atom. The minimum Gasteiger partial charge on any atom is -0.384 e. The summed E-state index contributed by atoms with van der Waals surface area (Å²) in [6, 6.07) is 10.5. The van der Waals surface area contributed by atoms with Gasteiger partial charge in [0.1, 0.15) is 5.82 Å². The molecule has 0 amide bonds. The van der Waals surface area contributed by atoms with Crippen molar-refractivity contribution < 1.29 is 4.74 Å². The molecule has 3 aromatic rings. The zero-order valence-electron chi connectivity index (χ0n) is 23.6. The third-order valence-corrected chi connectivity index (χ3v) is 7.87. The summed E-state index contributed by atoms with van der Waals surface area (Å²) in [7, 11) is 3.95. The van der Waals surface area contributed by atoms with Gasteiger partial charge in [-0.25, -0.2) is 15.0 Å². The summed E-state index contributed by atoms with van der Waals surface area (Å²) in [6.45, 7) is 14.2.